The minimum absolute atomic E-state index is 0.0734. The molecule has 0 atom stereocenters. The van der Waals surface area contributed by atoms with Crippen LogP contribution in [-0.4, -0.2) is 39.7 Å². The number of carbonyl (C=O) groups is 1. The van der Waals surface area contributed by atoms with Crippen LogP contribution in [0, 0.1) is 0 Å². The van der Waals surface area contributed by atoms with E-state index in [1.807, 2.05) is 48.5 Å². The van der Waals surface area contributed by atoms with Crippen molar-refractivity contribution in [2.24, 2.45) is 0 Å². The van der Waals surface area contributed by atoms with Crippen molar-refractivity contribution in [3.63, 3.8) is 0 Å². The lowest BCUT2D eigenvalue weighted by molar-refractivity contribution is -0.115. The first-order chi connectivity index (χ1) is 17.5. The highest BCUT2D eigenvalue weighted by Gasteiger charge is 2.33. The number of nitrogens with one attached hydrogen (secondary N) is 2. The van der Waals surface area contributed by atoms with Crippen molar-refractivity contribution in [1.29, 1.82) is 0 Å². The van der Waals surface area contributed by atoms with Crippen LogP contribution >= 0.6 is 0 Å². The Kier molecular flexibility index (Phi) is 7.27. The van der Waals surface area contributed by atoms with Crippen molar-refractivity contribution in [2.75, 3.05) is 5.32 Å². The molecule has 0 unspecified atom stereocenters. The lowest BCUT2D eigenvalue weighted by Crippen LogP contribution is -2.29. The van der Waals surface area contributed by atoms with E-state index in [0.717, 1.165) is 16.7 Å². The molecule has 1 heterocycles. The summed E-state index contributed by atoms with van der Waals surface area (Å²) in [6, 6.07) is 20.3. The fourth-order valence-electron chi connectivity index (χ4n) is 3.97. The van der Waals surface area contributed by atoms with Gasteiger partial charge >= 0.3 is 0 Å². The van der Waals surface area contributed by atoms with Gasteiger partial charge in [0.25, 0.3) is 0 Å². The quantitative estimate of drug-likeness (QED) is 0.338. The van der Waals surface area contributed by atoms with Gasteiger partial charge in [-0.1, -0.05) is 68.4 Å². The number of hydrogen-bond donors (Lipinski definition) is 2. The molecule has 1 aromatic heterocycles. The second kappa shape index (κ2) is 10.3. The number of H-pyrrole nitrogens is 1. The Labute approximate surface area is 217 Å². The molecule has 0 spiro atoms. The van der Waals surface area contributed by atoms with Gasteiger partial charge < -0.3 is 5.32 Å². The summed E-state index contributed by atoms with van der Waals surface area (Å²) in [5.41, 5.74) is 4.49. The summed E-state index contributed by atoms with van der Waals surface area (Å²) in [5, 5.41) is 17.1. The molecule has 0 fully saturated rings. The maximum absolute atomic E-state index is 13.4. The van der Waals surface area contributed by atoms with E-state index in [1.54, 1.807) is 39.0 Å². The zero-order valence-electron chi connectivity index (χ0n) is 21.6. The molecule has 0 radical (unpaired) electrons. The van der Waals surface area contributed by atoms with E-state index in [9.17, 15) is 13.2 Å². The standard InChI is InChI=1S/C28H31N5O3S/c1-18(2)20-12-10-19(11-13-20)16-26(34)29-24-17-21(14-15-25(24)37(35,36)28(3,4)5)22-8-6-7-9-23(22)27-30-32-33-31-27/h6-15,17-18H,16H2,1-5H3,(H,29,34)(H,30,31,32,33). The Morgan fingerprint density at radius 3 is 2.24 bits per heavy atom. The number of nitrogens with zero attached hydrogens (tertiary/aromatic N) is 3. The Morgan fingerprint density at radius 2 is 1.65 bits per heavy atom. The Balaban J connectivity index is 1.74. The van der Waals surface area contributed by atoms with E-state index >= 15 is 0 Å². The monoisotopic (exact) mass is 517 g/mol. The SMILES string of the molecule is CC(C)c1ccc(CC(=O)Nc2cc(-c3ccccc3-c3nn[nH]n3)ccc2S(=O)(=O)C(C)(C)C)cc1. The van der Waals surface area contributed by atoms with Gasteiger partial charge in [0.05, 0.1) is 21.8 Å². The van der Waals surface area contributed by atoms with E-state index in [-0.39, 0.29) is 22.9 Å². The lowest BCUT2D eigenvalue weighted by atomic mass is 9.98. The van der Waals surface area contributed by atoms with Crippen LogP contribution in [0.2, 0.25) is 0 Å². The molecule has 8 nitrogen and oxygen atoms in total. The summed E-state index contributed by atoms with van der Waals surface area (Å²) in [5.74, 6) is 0.509. The predicted molar refractivity (Wildman–Crippen MR) is 145 cm³/mol. The van der Waals surface area contributed by atoms with Crippen LogP contribution in [0.15, 0.2) is 71.6 Å². The fourth-order valence-corrected chi connectivity index (χ4v) is 5.27. The van der Waals surface area contributed by atoms with E-state index in [2.05, 4.69) is 39.8 Å². The van der Waals surface area contributed by atoms with Crippen molar-refractivity contribution in [3.8, 4) is 22.5 Å². The van der Waals surface area contributed by atoms with Gasteiger partial charge in [0.1, 0.15) is 0 Å². The number of amides is 1. The van der Waals surface area contributed by atoms with Crippen LogP contribution in [0.4, 0.5) is 5.69 Å². The van der Waals surface area contributed by atoms with Crippen molar-refractivity contribution in [2.45, 2.75) is 56.6 Å². The Bertz CT molecular complexity index is 1500. The summed E-state index contributed by atoms with van der Waals surface area (Å²) in [7, 11) is -3.75. The molecular weight excluding hydrogens is 486 g/mol. The predicted octanol–water partition coefficient (Wildman–Crippen LogP) is 5.41. The third kappa shape index (κ3) is 5.61. The highest BCUT2D eigenvalue weighted by atomic mass is 32.2. The third-order valence-electron chi connectivity index (χ3n) is 6.18. The first-order valence-corrected chi connectivity index (χ1v) is 13.6. The van der Waals surface area contributed by atoms with Crippen LogP contribution in [0.5, 0.6) is 0 Å². The number of rotatable bonds is 7. The zero-order chi connectivity index (χ0) is 26.8. The molecule has 192 valence electrons. The summed E-state index contributed by atoms with van der Waals surface area (Å²) in [4.78, 5) is 13.2. The first kappa shape index (κ1) is 26.2. The van der Waals surface area contributed by atoms with E-state index in [1.165, 1.54) is 5.56 Å². The number of anilines is 1. The molecule has 37 heavy (non-hydrogen) atoms. The van der Waals surface area contributed by atoms with E-state index < -0.39 is 14.6 Å². The molecule has 1 amide bonds. The fraction of sp³-hybridized carbons (Fsp3) is 0.286. The highest BCUT2D eigenvalue weighted by Crippen LogP contribution is 2.36. The summed E-state index contributed by atoms with van der Waals surface area (Å²) >= 11 is 0. The molecule has 0 saturated carbocycles. The molecule has 0 bridgehead atoms. The van der Waals surface area contributed by atoms with E-state index in [0.29, 0.717) is 17.3 Å². The van der Waals surface area contributed by atoms with Crippen molar-refractivity contribution in [3.05, 3.63) is 77.9 Å². The molecule has 2 N–H and O–H groups in total. The average Bonchev–Trinajstić information content (AvgIpc) is 3.38. The van der Waals surface area contributed by atoms with Gasteiger partial charge in [0.15, 0.2) is 9.84 Å². The van der Waals surface area contributed by atoms with Crippen LogP contribution < -0.4 is 5.32 Å². The number of tetrazole rings is 1. The lowest BCUT2D eigenvalue weighted by Gasteiger charge is -2.22. The van der Waals surface area contributed by atoms with Gasteiger partial charge in [-0.2, -0.15) is 5.21 Å². The molecule has 0 aliphatic rings. The number of hydrogen-bond acceptors (Lipinski definition) is 6. The van der Waals surface area contributed by atoms with Crippen molar-refractivity contribution < 1.29 is 13.2 Å². The van der Waals surface area contributed by atoms with Gasteiger partial charge in [0, 0.05) is 5.56 Å². The molecule has 9 heteroatoms. The van der Waals surface area contributed by atoms with Gasteiger partial charge in [-0.15, -0.1) is 10.2 Å². The average molecular weight is 518 g/mol. The minimum Gasteiger partial charge on any atom is -0.325 e. The molecule has 4 aromatic rings. The molecule has 3 aromatic carbocycles. The molecule has 0 aliphatic heterocycles. The summed E-state index contributed by atoms with van der Waals surface area (Å²) < 4.78 is 25.8. The van der Waals surface area contributed by atoms with Gasteiger partial charge in [-0.3, -0.25) is 4.79 Å². The van der Waals surface area contributed by atoms with Crippen LogP contribution in [0.3, 0.4) is 0 Å². The van der Waals surface area contributed by atoms with Gasteiger partial charge in [-0.25, -0.2) is 8.42 Å². The second-order valence-electron chi connectivity index (χ2n) is 10.2. The third-order valence-corrected chi connectivity index (χ3v) is 8.73. The maximum atomic E-state index is 13.4. The number of aromatic amines is 1. The van der Waals surface area contributed by atoms with Gasteiger partial charge in [-0.05, 0) is 66.3 Å². The first-order valence-electron chi connectivity index (χ1n) is 12.1. The Morgan fingerprint density at radius 1 is 0.973 bits per heavy atom. The second-order valence-corrected chi connectivity index (χ2v) is 12.9. The van der Waals surface area contributed by atoms with Crippen molar-refractivity contribution >= 4 is 21.4 Å². The molecule has 0 saturated heterocycles. The smallest absolute Gasteiger partial charge is 0.228 e. The van der Waals surface area contributed by atoms with Crippen LogP contribution in [0.25, 0.3) is 22.5 Å². The maximum Gasteiger partial charge on any atom is 0.228 e. The normalized spacial score (nSPS) is 12.1. The van der Waals surface area contributed by atoms with Crippen molar-refractivity contribution in [1.82, 2.24) is 20.6 Å². The number of aromatic nitrogens is 4. The molecular formula is C28H31N5O3S. The molecule has 0 aliphatic carbocycles. The zero-order valence-corrected chi connectivity index (χ0v) is 22.4. The van der Waals surface area contributed by atoms with Crippen LogP contribution in [-0.2, 0) is 21.1 Å². The van der Waals surface area contributed by atoms with Crippen LogP contribution in [0.1, 0.15) is 51.7 Å². The summed E-state index contributed by atoms with van der Waals surface area (Å²) in [6.07, 6.45) is 0.122. The molecule has 4 rings (SSSR count). The van der Waals surface area contributed by atoms with Gasteiger partial charge in [0.2, 0.25) is 11.7 Å². The largest absolute Gasteiger partial charge is 0.325 e. The summed E-state index contributed by atoms with van der Waals surface area (Å²) in [6.45, 7) is 9.16. The Hall–Kier alpha value is -3.85. The highest BCUT2D eigenvalue weighted by molar-refractivity contribution is 7.93. The van der Waals surface area contributed by atoms with E-state index in [4.69, 9.17) is 0 Å². The number of carbonyl (C=O) groups excluding carboxylic acids is 1. The number of sulfone groups is 1. The minimum atomic E-state index is -3.75. The number of benzene rings is 3. The topological polar surface area (TPSA) is 118 Å².